The van der Waals surface area contributed by atoms with E-state index < -0.39 is 5.54 Å². The molecule has 1 saturated heterocycles. The molecule has 9 nitrogen and oxygen atoms in total. The van der Waals surface area contributed by atoms with Crippen molar-refractivity contribution in [2.24, 2.45) is 0 Å². The molecule has 0 atom stereocenters. The Morgan fingerprint density at radius 1 is 0.971 bits per heavy atom. The smallest absolute Gasteiger partial charge is 0.318 e. The van der Waals surface area contributed by atoms with Crippen LogP contribution in [0.1, 0.15) is 26.5 Å². The number of piperazine rings is 1. The fourth-order valence-corrected chi connectivity index (χ4v) is 3.90. The molecule has 4 rings (SSSR count). The summed E-state index contributed by atoms with van der Waals surface area (Å²) in [4.78, 5) is 31.3. The second-order valence-electron chi connectivity index (χ2n) is 9.63. The molecule has 3 aromatic rings. The Labute approximate surface area is 205 Å². The van der Waals surface area contributed by atoms with Crippen molar-refractivity contribution in [2.75, 3.05) is 37.6 Å². The van der Waals surface area contributed by atoms with E-state index in [2.05, 4.69) is 20.4 Å². The molecule has 0 aliphatic carbocycles. The molecule has 184 valence electrons. The van der Waals surface area contributed by atoms with Gasteiger partial charge < -0.3 is 24.4 Å². The Bertz CT molecular complexity index is 1100. The molecule has 1 N–H and O–H groups in total. The van der Waals surface area contributed by atoms with E-state index in [1.807, 2.05) is 63.2 Å². The van der Waals surface area contributed by atoms with Gasteiger partial charge in [-0.15, -0.1) is 10.2 Å². The van der Waals surface area contributed by atoms with Gasteiger partial charge in [-0.1, -0.05) is 30.3 Å². The first kappa shape index (κ1) is 24.3. The summed E-state index contributed by atoms with van der Waals surface area (Å²) in [6.45, 7) is 8.34. The number of amides is 3. The van der Waals surface area contributed by atoms with E-state index in [0.717, 1.165) is 17.1 Å². The monoisotopic (exact) mass is 476 g/mol. The Morgan fingerprint density at radius 2 is 1.71 bits per heavy atom. The van der Waals surface area contributed by atoms with Crippen LogP contribution in [0, 0.1) is 0 Å². The molecule has 0 spiro atoms. The summed E-state index contributed by atoms with van der Waals surface area (Å²) in [5, 5.41) is 11.7. The molecule has 0 radical (unpaired) electrons. The quantitative estimate of drug-likeness (QED) is 0.586. The minimum atomic E-state index is -0.412. The van der Waals surface area contributed by atoms with Crippen LogP contribution in [-0.2, 0) is 11.3 Å². The van der Waals surface area contributed by atoms with Gasteiger partial charge in [0, 0.05) is 37.3 Å². The third kappa shape index (κ3) is 6.59. The molecule has 0 saturated carbocycles. The zero-order chi connectivity index (χ0) is 24.8. The highest BCUT2D eigenvalue weighted by molar-refractivity contribution is 5.84. The number of nitrogens with zero attached hydrogens (tertiary/aromatic N) is 5. The van der Waals surface area contributed by atoms with E-state index in [0.29, 0.717) is 31.9 Å². The predicted molar refractivity (Wildman–Crippen MR) is 134 cm³/mol. The largest absolute Gasteiger partial charge is 0.467 e. The third-order valence-corrected chi connectivity index (χ3v) is 5.70. The summed E-state index contributed by atoms with van der Waals surface area (Å²) in [7, 11) is 0. The van der Waals surface area contributed by atoms with Crippen LogP contribution in [0.4, 0.5) is 10.6 Å². The normalized spacial score (nSPS) is 14.0. The highest BCUT2D eigenvalue weighted by atomic mass is 16.3. The second kappa shape index (κ2) is 10.6. The van der Waals surface area contributed by atoms with Crippen LogP contribution in [0.5, 0.6) is 0 Å². The van der Waals surface area contributed by atoms with E-state index in [1.54, 1.807) is 23.3 Å². The Hall–Kier alpha value is -3.88. The lowest BCUT2D eigenvalue weighted by atomic mass is 10.1. The number of furan rings is 1. The summed E-state index contributed by atoms with van der Waals surface area (Å²) in [5.74, 6) is 1.33. The minimum Gasteiger partial charge on any atom is -0.467 e. The van der Waals surface area contributed by atoms with Crippen LogP contribution in [0.2, 0.25) is 0 Å². The van der Waals surface area contributed by atoms with E-state index in [-0.39, 0.29) is 25.0 Å². The van der Waals surface area contributed by atoms with Crippen LogP contribution in [-0.4, -0.2) is 70.2 Å². The first-order valence-corrected chi connectivity index (χ1v) is 11.8. The van der Waals surface area contributed by atoms with Crippen molar-refractivity contribution >= 4 is 17.8 Å². The zero-order valence-electron chi connectivity index (χ0n) is 20.5. The number of anilines is 1. The maximum atomic E-state index is 13.1. The molecule has 1 fully saturated rings. The molecule has 9 heteroatoms. The van der Waals surface area contributed by atoms with Crippen LogP contribution < -0.4 is 10.2 Å². The SMILES string of the molecule is CC(C)(C)NC(=O)N(CC(=O)N1CCN(c2ccc(-c3ccccc3)nn2)CC1)Cc1ccco1. The summed E-state index contributed by atoms with van der Waals surface area (Å²) in [6, 6.07) is 17.1. The molecule has 3 amide bonds. The first-order chi connectivity index (χ1) is 16.8. The fraction of sp³-hybridized carbons (Fsp3) is 0.385. The van der Waals surface area contributed by atoms with Crippen molar-refractivity contribution in [1.29, 1.82) is 0 Å². The van der Waals surface area contributed by atoms with Crippen molar-refractivity contribution in [3.8, 4) is 11.3 Å². The molecule has 35 heavy (non-hydrogen) atoms. The Morgan fingerprint density at radius 3 is 2.31 bits per heavy atom. The number of carbonyl (C=O) groups is 2. The molecule has 1 aliphatic heterocycles. The molecule has 2 aromatic heterocycles. The van der Waals surface area contributed by atoms with Crippen LogP contribution >= 0.6 is 0 Å². The fourth-order valence-electron chi connectivity index (χ4n) is 3.90. The molecule has 0 unspecified atom stereocenters. The maximum absolute atomic E-state index is 13.1. The van der Waals surface area contributed by atoms with Crippen molar-refractivity contribution < 1.29 is 14.0 Å². The van der Waals surface area contributed by atoms with E-state index in [1.165, 1.54) is 4.90 Å². The van der Waals surface area contributed by atoms with E-state index in [9.17, 15) is 9.59 Å². The average Bonchev–Trinajstić information content (AvgIpc) is 3.36. The lowest BCUT2D eigenvalue weighted by Crippen LogP contribution is -2.54. The highest BCUT2D eigenvalue weighted by Gasteiger charge is 2.27. The summed E-state index contributed by atoms with van der Waals surface area (Å²) >= 11 is 0. The van der Waals surface area contributed by atoms with Crippen molar-refractivity contribution in [2.45, 2.75) is 32.9 Å². The number of hydrogen-bond donors (Lipinski definition) is 1. The van der Waals surface area contributed by atoms with E-state index >= 15 is 0 Å². The standard InChI is InChI=1S/C26H32N6O3/c1-26(2,3)27-25(34)32(18-21-10-7-17-35-21)19-24(33)31-15-13-30(14-16-31)23-12-11-22(28-29-23)20-8-5-4-6-9-20/h4-12,17H,13-16,18-19H2,1-3H3,(H,27,34). The summed E-state index contributed by atoms with van der Waals surface area (Å²) in [5.41, 5.74) is 1.44. The number of hydrogen-bond acceptors (Lipinski definition) is 6. The second-order valence-corrected chi connectivity index (χ2v) is 9.63. The van der Waals surface area contributed by atoms with Gasteiger partial charge in [0.1, 0.15) is 12.3 Å². The molecule has 0 bridgehead atoms. The van der Waals surface area contributed by atoms with Gasteiger partial charge in [-0.2, -0.15) is 0 Å². The third-order valence-electron chi connectivity index (χ3n) is 5.70. The van der Waals surface area contributed by atoms with Crippen molar-refractivity contribution in [1.82, 2.24) is 25.3 Å². The molecule has 3 heterocycles. The number of nitrogens with one attached hydrogen (secondary N) is 1. The topological polar surface area (TPSA) is 94.8 Å². The van der Waals surface area contributed by atoms with Gasteiger partial charge in [0.25, 0.3) is 0 Å². The van der Waals surface area contributed by atoms with Gasteiger partial charge in [0.15, 0.2) is 5.82 Å². The highest BCUT2D eigenvalue weighted by Crippen LogP contribution is 2.19. The Kier molecular flexibility index (Phi) is 7.33. The minimum absolute atomic E-state index is 0.0197. The predicted octanol–water partition coefficient (Wildman–Crippen LogP) is 3.40. The van der Waals surface area contributed by atoms with Crippen LogP contribution in [0.15, 0.2) is 65.3 Å². The molecular formula is C26H32N6O3. The summed E-state index contributed by atoms with van der Waals surface area (Å²) < 4.78 is 5.40. The van der Waals surface area contributed by atoms with Gasteiger partial charge >= 0.3 is 6.03 Å². The number of carbonyl (C=O) groups excluding carboxylic acids is 2. The van der Waals surface area contributed by atoms with Gasteiger partial charge in [-0.05, 0) is 45.0 Å². The van der Waals surface area contributed by atoms with Crippen LogP contribution in [0.25, 0.3) is 11.3 Å². The van der Waals surface area contributed by atoms with Gasteiger partial charge in [0.05, 0.1) is 18.5 Å². The molecule has 1 aliphatic rings. The van der Waals surface area contributed by atoms with Gasteiger partial charge in [-0.3, -0.25) is 4.79 Å². The molecule has 1 aromatic carbocycles. The van der Waals surface area contributed by atoms with Gasteiger partial charge in [-0.25, -0.2) is 4.79 Å². The number of rotatable bonds is 6. The lowest BCUT2D eigenvalue weighted by molar-refractivity contribution is -0.132. The summed E-state index contributed by atoms with van der Waals surface area (Å²) in [6.07, 6.45) is 1.56. The lowest BCUT2D eigenvalue weighted by Gasteiger charge is -2.36. The van der Waals surface area contributed by atoms with Crippen molar-refractivity contribution in [3.63, 3.8) is 0 Å². The Balaban J connectivity index is 1.34. The first-order valence-electron chi connectivity index (χ1n) is 11.8. The number of benzene rings is 1. The maximum Gasteiger partial charge on any atom is 0.318 e. The van der Waals surface area contributed by atoms with Crippen LogP contribution in [0.3, 0.4) is 0 Å². The van der Waals surface area contributed by atoms with Crippen molar-refractivity contribution in [3.05, 3.63) is 66.6 Å². The average molecular weight is 477 g/mol. The number of aromatic nitrogens is 2. The van der Waals surface area contributed by atoms with E-state index in [4.69, 9.17) is 4.42 Å². The molecular weight excluding hydrogens is 444 g/mol. The zero-order valence-corrected chi connectivity index (χ0v) is 20.5. The number of urea groups is 1. The van der Waals surface area contributed by atoms with Gasteiger partial charge in [0.2, 0.25) is 5.91 Å².